The van der Waals surface area contributed by atoms with Crippen LogP contribution in [0.3, 0.4) is 0 Å². The highest BCUT2D eigenvalue weighted by Gasteiger charge is 2.01. The molecule has 0 radical (unpaired) electrons. The quantitative estimate of drug-likeness (QED) is 0.737. The molecule has 2 nitrogen and oxygen atoms in total. The molecule has 4 heteroatoms. The summed E-state index contributed by atoms with van der Waals surface area (Å²) in [6.45, 7) is 2.10. The van der Waals surface area contributed by atoms with Crippen LogP contribution in [0.25, 0.3) is 0 Å². The monoisotopic (exact) mass is 234 g/mol. The van der Waals surface area contributed by atoms with E-state index in [0.717, 1.165) is 23.0 Å². The standard InChI is InChI=1S/C7H8BrClN2/c1-2-3-6-5(8)4-10-7(9)11-6/h4H,2-3H2,1H3. The van der Waals surface area contributed by atoms with E-state index in [-0.39, 0.29) is 0 Å². The van der Waals surface area contributed by atoms with E-state index in [9.17, 15) is 0 Å². The third-order valence-corrected chi connectivity index (χ3v) is 2.12. The van der Waals surface area contributed by atoms with E-state index in [0.29, 0.717) is 5.28 Å². The Morgan fingerprint density at radius 1 is 1.64 bits per heavy atom. The first kappa shape index (κ1) is 8.94. The molecule has 0 aliphatic rings. The third kappa shape index (κ3) is 2.42. The lowest BCUT2D eigenvalue weighted by Crippen LogP contribution is -1.92. The van der Waals surface area contributed by atoms with Gasteiger partial charge in [-0.2, -0.15) is 0 Å². The summed E-state index contributed by atoms with van der Waals surface area (Å²) in [4.78, 5) is 7.90. The highest BCUT2D eigenvalue weighted by Crippen LogP contribution is 2.16. The molecule has 1 aromatic heterocycles. The van der Waals surface area contributed by atoms with Crippen LogP contribution in [0.4, 0.5) is 0 Å². The molecule has 0 bridgehead atoms. The minimum Gasteiger partial charge on any atom is -0.225 e. The summed E-state index contributed by atoms with van der Waals surface area (Å²) in [6, 6.07) is 0. The summed E-state index contributed by atoms with van der Waals surface area (Å²) in [5, 5.41) is 0.316. The van der Waals surface area contributed by atoms with E-state index in [2.05, 4.69) is 32.8 Å². The van der Waals surface area contributed by atoms with Crippen molar-refractivity contribution < 1.29 is 0 Å². The summed E-state index contributed by atoms with van der Waals surface area (Å²) < 4.78 is 0.934. The largest absolute Gasteiger partial charge is 0.225 e. The molecule has 1 aromatic rings. The Bertz CT molecular complexity index is 252. The average molecular weight is 236 g/mol. The van der Waals surface area contributed by atoms with Crippen molar-refractivity contribution in [3.63, 3.8) is 0 Å². The fraction of sp³-hybridized carbons (Fsp3) is 0.429. The molecule has 0 aromatic carbocycles. The Kier molecular flexibility index (Phi) is 3.27. The number of halogens is 2. The molecule has 0 unspecified atom stereocenters. The zero-order valence-electron chi connectivity index (χ0n) is 6.14. The van der Waals surface area contributed by atoms with Crippen LogP contribution < -0.4 is 0 Å². The second-order valence-electron chi connectivity index (χ2n) is 2.18. The molecular weight excluding hydrogens is 227 g/mol. The van der Waals surface area contributed by atoms with E-state index in [1.54, 1.807) is 6.20 Å². The van der Waals surface area contributed by atoms with Crippen LogP contribution >= 0.6 is 27.5 Å². The van der Waals surface area contributed by atoms with Crippen molar-refractivity contribution in [3.8, 4) is 0 Å². The first-order valence-corrected chi connectivity index (χ1v) is 4.58. The van der Waals surface area contributed by atoms with Crippen LogP contribution in [-0.2, 0) is 6.42 Å². The smallest absolute Gasteiger partial charge is 0.222 e. The van der Waals surface area contributed by atoms with Gasteiger partial charge in [0.25, 0.3) is 0 Å². The molecule has 0 aliphatic heterocycles. The van der Waals surface area contributed by atoms with Gasteiger partial charge < -0.3 is 0 Å². The van der Waals surface area contributed by atoms with Gasteiger partial charge in [0, 0.05) is 6.20 Å². The van der Waals surface area contributed by atoms with Gasteiger partial charge in [0.15, 0.2) is 0 Å². The molecule has 0 aliphatic carbocycles. The van der Waals surface area contributed by atoms with Gasteiger partial charge in [0.2, 0.25) is 5.28 Å². The summed E-state index contributed by atoms with van der Waals surface area (Å²) in [5.74, 6) is 0. The van der Waals surface area contributed by atoms with Gasteiger partial charge in [0.1, 0.15) is 0 Å². The first-order chi connectivity index (χ1) is 5.24. The molecule has 0 amide bonds. The molecule has 0 spiro atoms. The number of hydrogen-bond acceptors (Lipinski definition) is 2. The zero-order chi connectivity index (χ0) is 8.27. The number of rotatable bonds is 2. The minimum absolute atomic E-state index is 0.316. The average Bonchev–Trinajstić information content (AvgIpc) is 1.98. The highest BCUT2D eigenvalue weighted by molar-refractivity contribution is 9.10. The maximum Gasteiger partial charge on any atom is 0.222 e. The molecular formula is C7H8BrClN2. The van der Waals surface area contributed by atoms with Crippen molar-refractivity contribution >= 4 is 27.5 Å². The Morgan fingerprint density at radius 3 is 3.00 bits per heavy atom. The normalized spacial score (nSPS) is 10.1. The Morgan fingerprint density at radius 2 is 2.36 bits per heavy atom. The predicted octanol–water partition coefficient (Wildman–Crippen LogP) is 2.85. The molecule has 0 saturated carbocycles. The van der Waals surface area contributed by atoms with Gasteiger partial charge >= 0.3 is 0 Å². The molecule has 11 heavy (non-hydrogen) atoms. The van der Waals surface area contributed by atoms with Gasteiger partial charge in [-0.25, -0.2) is 9.97 Å². The molecule has 0 fully saturated rings. The zero-order valence-corrected chi connectivity index (χ0v) is 8.48. The SMILES string of the molecule is CCCc1nc(Cl)ncc1Br. The molecule has 1 rings (SSSR count). The molecule has 1 heterocycles. The molecule has 0 atom stereocenters. The van der Waals surface area contributed by atoms with Crippen molar-refractivity contribution in [2.45, 2.75) is 19.8 Å². The lowest BCUT2D eigenvalue weighted by molar-refractivity contribution is 0.865. The number of aryl methyl sites for hydroxylation is 1. The maximum atomic E-state index is 5.61. The van der Waals surface area contributed by atoms with E-state index >= 15 is 0 Å². The van der Waals surface area contributed by atoms with Gasteiger partial charge in [-0.3, -0.25) is 0 Å². The van der Waals surface area contributed by atoms with Crippen LogP contribution in [0.1, 0.15) is 19.0 Å². The molecule has 0 N–H and O–H groups in total. The van der Waals surface area contributed by atoms with Crippen molar-refractivity contribution in [2.75, 3.05) is 0 Å². The maximum absolute atomic E-state index is 5.61. The number of hydrogen-bond donors (Lipinski definition) is 0. The van der Waals surface area contributed by atoms with Crippen molar-refractivity contribution in [3.05, 3.63) is 21.6 Å². The number of nitrogens with zero attached hydrogens (tertiary/aromatic N) is 2. The lowest BCUT2D eigenvalue weighted by atomic mass is 10.2. The second-order valence-corrected chi connectivity index (χ2v) is 3.38. The van der Waals surface area contributed by atoms with Gasteiger partial charge in [0.05, 0.1) is 10.2 Å². The summed E-state index contributed by atoms with van der Waals surface area (Å²) >= 11 is 8.96. The minimum atomic E-state index is 0.316. The molecule has 0 saturated heterocycles. The van der Waals surface area contributed by atoms with E-state index < -0.39 is 0 Å². The van der Waals surface area contributed by atoms with Crippen LogP contribution in [0.5, 0.6) is 0 Å². The Labute approximate surface area is 79.1 Å². The summed E-state index contributed by atoms with van der Waals surface area (Å²) in [5.41, 5.74) is 0.979. The van der Waals surface area contributed by atoms with E-state index in [1.807, 2.05) is 0 Å². The van der Waals surface area contributed by atoms with E-state index in [1.165, 1.54) is 0 Å². The summed E-state index contributed by atoms with van der Waals surface area (Å²) in [6.07, 6.45) is 3.68. The van der Waals surface area contributed by atoms with Gasteiger partial charge in [-0.15, -0.1) is 0 Å². The van der Waals surface area contributed by atoms with Crippen molar-refractivity contribution in [1.29, 1.82) is 0 Å². The van der Waals surface area contributed by atoms with Crippen LogP contribution in [0.15, 0.2) is 10.7 Å². The Hall–Kier alpha value is -0.150. The fourth-order valence-corrected chi connectivity index (χ4v) is 1.33. The predicted molar refractivity (Wildman–Crippen MR) is 48.7 cm³/mol. The van der Waals surface area contributed by atoms with Crippen LogP contribution in [-0.4, -0.2) is 9.97 Å². The Balaban J connectivity index is 2.93. The third-order valence-electron chi connectivity index (χ3n) is 1.27. The molecule has 60 valence electrons. The highest BCUT2D eigenvalue weighted by atomic mass is 79.9. The van der Waals surface area contributed by atoms with Crippen molar-refractivity contribution in [1.82, 2.24) is 9.97 Å². The van der Waals surface area contributed by atoms with Gasteiger partial charge in [-0.05, 0) is 34.0 Å². The van der Waals surface area contributed by atoms with Crippen LogP contribution in [0.2, 0.25) is 5.28 Å². The van der Waals surface area contributed by atoms with Gasteiger partial charge in [-0.1, -0.05) is 13.3 Å². The first-order valence-electron chi connectivity index (χ1n) is 3.41. The van der Waals surface area contributed by atoms with Crippen LogP contribution in [0, 0.1) is 0 Å². The fourth-order valence-electron chi connectivity index (χ4n) is 0.790. The van der Waals surface area contributed by atoms with Crippen molar-refractivity contribution in [2.24, 2.45) is 0 Å². The second kappa shape index (κ2) is 4.02. The number of aromatic nitrogens is 2. The lowest BCUT2D eigenvalue weighted by Gasteiger charge is -1.99. The summed E-state index contributed by atoms with van der Waals surface area (Å²) in [7, 11) is 0. The topological polar surface area (TPSA) is 25.8 Å². The van der Waals surface area contributed by atoms with E-state index in [4.69, 9.17) is 11.6 Å².